The number of carbonyl (C=O) groups excluding carboxylic acids is 1. The van der Waals surface area contributed by atoms with Gasteiger partial charge in [-0.1, -0.05) is 9.70 Å². The molecule has 0 aliphatic heterocycles. The summed E-state index contributed by atoms with van der Waals surface area (Å²) < 4.78 is 15.5. The minimum Gasteiger partial charge on any atom is -0.458 e. The van der Waals surface area contributed by atoms with Crippen LogP contribution < -0.4 is 0 Å². The van der Waals surface area contributed by atoms with E-state index in [-0.39, 0.29) is 0 Å². The number of halogens is 1. The fourth-order valence-electron chi connectivity index (χ4n) is 0.246. The molecule has 0 aliphatic carbocycles. The van der Waals surface area contributed by atoms with Gasteiger partial charge in [-0.15, -0.1) is 0 Å². The molecule has 0 aromatic carbocycles. The van der Waals surface area contributed by atoms with Gasteiger partial charge in [-0.2, -0.15) is 5.26 Å². The number of hydrogen-bond acceptors (Lipinski definition) is 4. The molecule has 0 rings (SSSR count). The Morgan fingerprint density at radius 3 is 2.80 bits per heavy atom. The molecule has 5 heteroatoms. The van der Waals surface area contributed by atoms with Crippen molar-refractivity contribution in [2.24, 2.45) is 5.21 Å². The molecule has 0 atom stereocenters. The highest BCUT2D eigenvalue weighted by Gasteiger charge is 1.99. The number of ether oxygens (including phenoxy) is 1. The number of rotatable bonds is 2. The van der Waals surface area contributed by atoms with E-state index < -0.39 is 18.3 Å². The Kier molecular flexibility index (Phi) is 3.80. The molecule has 0 N–H and O–H groups in total. The van der Waals surface area contributed by atoms with Crippen LogP contribution in [0, 0.1) is 11.3 Å². The second-order valence-electron chi connectivity index (χ2n) is 1.42. The summed E-state index contributed by atoms with van der Waals surface area (Å²) in [7, 11) is 0. The van der Waals surface area contributed by atoms with Crippen molar-refractivity contribution in [3.8, 4) is 6.07 Å². The summed E-state index contributed by atoms with van der Waals surface area (Å²) in [5.41, 5.74) is -0.449. The van der Waals surface area contributed by atoms with Crippen LogP contribution in [0.25, 0.3) is 0 Å². The van der Waals surface area contributed by atoms with Crippen LogP contribution in [0.3, 0.4) is 0 Å². The first kappa shape index (κ1) is 8.56. The Labute approximate surface area is 56.9 Å². The van der Waals surface area contributed by atoms with Gasteiger partial charge in [-0.05, 0) is 0 Å². The third-order valence-electron chi connectivity index (χ3n) is 0.643. The van der Waals surface area contributed by atoms with E-state index in [0.29, 0.717) is 0 Å². The van der Waals surface area contributed by atoms with Gasteiger partial charge in [0.2, 0.25) is 0 Å². The lowest BCUT2D eigenvalue weighted by Gasteiger charge is -1.94. The van der Waals surface area contributed by atoms with E-state index in [2.05, 4.69) is 9.95 Å². The molecule has 0 saturated carbocycles. The molecule has 4 nitrogen and oxygen atoms in total. The Balaban J connectivity index is 3.70. The molecular weight excluding hydrogens is 139 g/mol. The number of nitriles is 1. The van der Waals surface area contributed by atoms with Gasteiger partial charge < -0.3 is 4.74 Å². The molecule has 0 heterocycles. The van der Waals surface area contributed by atoms with Crippen LogP contribution in [0.2, 0.25) is 0 Å². The van der Waals surface area contributed by atoms with Gasteiger partial charge in [0.05, 0.1) is 0 Å². The zero-order valence-electron chi connectivity index (χ0n) is 5.30. The number of nitrogens with zero attached hydrogens (tertiary/aromatic N) is 2. The van der Waals surface area contributed by atoms with Crippen molar-refractivity contribution < 1.29 is 14.0 Å². The lowest BCUT2D eigenvalue weighted by Crippen LogP contribution is -2.08. The van der Waals surface area contributed by atoms with Crippen LogP contribution in [0.15, 0.2) is 5.21 Å². The third-order valence-corrected chi connectivity index (χ3v) is 0.643. The number of carbonyl (C=O) groups is 1. The maximum atomic E-state index is 11.3. The highest BCUT2D eigenvalue weighted by molar-refractivity contribution is 5.99. The number of hydrogen-bond donors (Lipinski definition) is 0. The molecule has 10 heavy (non-hydrogen) atoms. The molecule has 0 unspecified atom stereocenters. The summed E-state index contributed by atoms with van der Waals surface area (Å²) >= 11 is 0. The molecular formula is C5H5FN2O2. The normalized spacial score (nSPS) is 10.3. The van der Waals surface area contributed by atoms with E-state index >= 15 is 0 Å². The molecule has 0 bridgehead atoms. The van der Waals surface area contributed by atoms with Gasteiger partial charge in [0.1, 0.15) is 12.7 Å². The summed E-state index contributed by atoms with van der Waals surface area (Å²) in [5.74, 6) is -0.573. The molecule has 0 saturated heterocycles. The second-order valence-corrected chi connectivity index (χ2v) is 1.42. The fourth-order valence-corrected chi connectivity index (χ4v) is 0.246. The molecule has 0 fully saturated rings. The molecule has 0 aliphatic rings. The first-order valence-electron chi connectivity index (χ1n) is 2.42. The monoisotopic (exact) mass is 144 g/mol. The molecule has 0 aromatic heterocycles. The first-order chi connectivity index (χ1) is 4.70. The third kappa shape index (κ3) is 3.55. The Hall–Kier alpha value is -1.44. The topological polar surface area (TPSA) is 62.5 Å². The standard InChI is InChI=1S/C5H5FN2O2/c1-4(9)10-3-5(2-7)8-6/h3H2,1H3/b8-5+. The Morgan fingerprint density at radius 1 is 1.90 bits per heavy atom. The first-order valence-corrected chi connectivity index (χ1v) is 2.42. The predicted octanol–water partition coefficient (Wildman–Crippen LogP) is 0.399. The van der Waals surface area contributed by atoms with Crippen molar-refractivity contribution in [2.45, 2.75) is 6.92 Å². The van der Waals surface area contributed by atoms with Crippen molar-refractivity contribution in [3.63, 3.8) is 0 Å². The lowest BCUT2D eigenvalue weighted by atomic mass is 10.4. The highest BCUT2D eigenvalue weighted by Crippen LogP contribution is 1.82. The maximum Gasteiger partial charge on any atom is 0.303 e. The largest absolute Gasteiger partial charge is 0.458 e. The molecule has 0 radical (unpaired) electrons. The van der Waals surface area contributed by atoms with Crippen LogP contribution in [-0.2, 0) is 9.53 Å². The SMILES string of the molecule is CC(=O)OC/C(C#N)=N/F. The van der Waals surface area contributed by atoms with Crippen molar-refractivity contribution in [1.29, 1.82) is 5.26 Å². The molecule has 0 spiro atoms. The highest BCUT2D eigenvalue weighted by atomic mass is 19.2. The van der Waals surface area contributed by atoms with Gasteiger partial charge in [-0.25, -0.2) is 0 Å². The van der Waals surface area contributed by atoms with Crippen LogP contribution in [0.1, 0.15) is 6.92 Å². The zero-order chi connectivity index (χ0) is 7.98. The average Bonchev–Trinajstić information content (AvgIpc) is 1.90. The van der Waals surface area contributed by atoms with E-state index in [9.17, 15) is 9.28 Å². The van der Waals surface area contributed by atoms with Crippen LogP contribution in [0.5, 0.6) is 0 Å². The van der Waals surface area contributed by atoms with E-state index in [0.717, 1.165) is 6.92 Å². The molecule has 0 aromatic rings. The Bertz CT molecular complexity index is 194. The zero-order valence-corrected chi connectivity index (χ0v) is 5.30. The van der Waals surface area contributed by atoms with E-state index in [4.69, 9.17) is 5.26 Å². The molecule has 54 valence electrons. The molecule has 0 amide bonds. The van der Waals surface area contributed by atoms with E-state index in [1.54, 1.807) is 0 Å². The van der Waals surface area contributed by atoms with Crippen LogP contribution >= 0.6 is 0 Å². The lowest BCUT2D eigenvalue weighted by molar-refractivity contribution is -0.139. The smallest absolute Gasteiger partial charge is 0.303 e. The van der Waals surface area contributed by atoms with Gasteiger partial charge >= 0.3 is 5.97 Å². The van der Waals surface area contributed by atoms with Crippen molar-refractivity contribution in [3.05, 3.63) is 0 Å². The second kappa shape index (κ2) is 4.44. The maximum absolute atomic E-state index is 11.3. The van der Waals surface area contributed by atoms with Crippen LogP contribution in [0.4, 0.5) is 4.48 Å². The van der Waals surface area contributed by atoms with E-state index in [1.807, 2.05) is 0 Å². The fraction of sp³-hybridized carbons (Fsp3) is 0.400. The van der Waals surface area contributed by atoms with Crippen molar-refractivity contribution >= 4 is 11.7 Å². The van der Waals surface area contributed by atoms with Gasteiger partial charge in [0, 0.05) is 6.92 Å². The minimum atomic E-state index is -0.573. The Morgan fingerprint density at radius 2 is 2.50 bits per heavy atom. The summed E-state index contributed by atoms with van der Waals surface area (Å²) in [6.45, 7) is 0.759. The quantitative estimate of drug-likeness (QED) is 0.416. The summed E-state index contributed by atoms with van der Waals surface area (Å²) in [6, 6.07) is 1.40. The van der Waals surface area contributed by atoms with Gasteiger partial charge in [-0.3, -0.25) is 4.79 Å². The van der Waals surface area contributed by atoms with Gasteiger partial charge in [0.25, 0.3) is 0 Å². The minimum absolute atomic E-state index is 0.400. The predicted molar refractivity (Wildman–Crippen MR) is 30.8 cm³/mol. The van der Waals surface area contributed by atoms with E-state index in [1.165, 1.54) is 6.07 Å². The summed E-state index contributed by atoms with van der Waals surface area (Å²) in [5, 5.41) is 10.1. The summed E-state index contributed by atoms with van der Waals surface area (Å²) in [4.78, 5) is 10.1. The van der Waals surface area contributed by atoms with Crippen molar-refractivity contribution in [1.82, 2.24) is 0 Å². The van der Waals surface area contributed by atoms with Crippen LogP contribution in [-0.4, -0.2) is 18.3 Å². The van der Waals surface area contributed by atoms with Gasteiger partial charge in [0.15, 0.2) is 5.71 Å². The van der Waals surface area contributed by atoms with Crippen molar-refractivity contribution in [2.75, 3.05) is 6.61 Å². The summed E-state index contributed by atoms with van der Waals surface area (Å²) in [6.07, 6.45) is 0. The number of esters is 1. The average molecular weight is 144 g/mol.